The van der Waals surface area contributed by atoms with Crippen molar-refractivity contribution < 1.29 is 14.3 Å². The highest BCUT2D eigenvalue weighted by atomic mass is 35.5. The topological polar surface area (TPSA) is 67.2 Å². The minimum absolute atomic E-state index is 0.00309. The highest BCUT2D eigenvalue weighted by Gasteiger charge is 2.27. The third-order valence-electron chi connectivity index (χ3n) is 4.08. The van der Waals surface area contributed by atoms with Gasteiger partial charge in [0.25, 0.3) is 0 Å². The zero-order valence-corrected chi connectivity index (χ0v) is 16.0. The van der Waals surface area contributed by atoms with Gasteiger partial charge in [-0.3, -0.25) is 4.79 Å². The van der Waals surface area contributed by atoms with E-state index in [1.807, 2.05) is 37.4 Å². The zero-order valence-electron chi connectivity index (χ0n) is 15.2. The molecule has 0 aromatic carbocycles. The van der Waals surface area contributed by atoms with Crippen molar-refractivity contribution >= 4 is 29.2 Å². The van der Waals surface area contributed by atoms with Crippen molar-refractivity contribution in [3.05, 3.63) is 35.2 Å². The first kappa shape index (κ1) is 18.5. The SMILES string of the molecule is CC(C)(C)OC(=O)N1CCN(C(=O)Cc2cn3cc(Cl)ccc3n2)CC1. The molecule has 3 heterocycles. The van der Waals surface area contributed by atoms with Gasteiger partial charge in [-0.25, -0.2) is 9.78 Å². The summed E-state index contributed by atoms with van der Waals surface area (Å²) in [5.74, 6) is 0.00309. The lowest BCUT2D eigenvalue weighted by Gasteiger charge is -2.35. The van der Waals surface area contributed by atoms with E-state index in [0.717, 1.165) is 5.65 Å². The van der Waals surface area contributed by atoms with Gasteiger partial charge >= 0.3 is 6.09 Å². The van der Waals surface area contributed by atoms with Crippen molar-refractivity contribution in [3.63, 3.8) is 0 Å². The average molecular weight is 379 g/mol. The standard InChI is InChI=1S/C18H23ClN4O3/c1-18(2,3)26-17(25)22-8-6-21(7-9-22)16(24)10-14-12-23-11-13(19)4-5-15(23)20-14/h4-5,11-12H,6-10H2,1-3H3. The first-order valence-corrected chi connectivity index (χ1v) is 8.98. The second kappa shape index (κ2) is 7.15. The van der Waals surface area contributed by atoms with Crippen LogP contribution in [0.3, 0.4) is 0 Å². The molecule has 2 amide bonds. The van der Waals surface area contributed by atoms with Gasteiger partial charge in [0.05, 0.1) is 17.1 Å². The molecule has 0 N–H and O–H groups in total. The molecule has 0 bridgehead atoms. The van der Waals surface area contributed by atoms with Gasteiger partial charge in [0.15, 0.2) is 0 Å². The van der Waals surface area contributed by atoms with Crippen LogP contribution in [0.1, 0.15) is 26.5 Å². The minimum Gasteiger partial charge on any atom is -0.444 e. The van der Waals surface area contributed by atoms with Gasteiger partial charge in [0.2, 0.25) is 5.91 Å². The third-order valence-corrected chi connectivity index (χ3v) is 4.30. The van der Waals surface area contributed by atoms with Crippen LogP contribution in [0.2, 0.25) is 5.02 Å². The van der Waals surface area contributed by atoms with E-state index in [-0.39, 0.29) is 18.4 Å². The minimum atomic E-state index is -0.518. The molecule has 1 fully saturated rings. The molecule has 1 saturated heterocycles. The number of hydrogen-bond donors (Lipinski definition) is 0. The summed E-state index contributed by atoms with van der Waals surface area (Å²) in [4.78, 5) is 32.5. The van der Waals surface area contributed by atoms with Crippen LogP contribution in [0.15, 0.2) is 24.5 Å². The van der Waals surface area contributed by atoms with E-state index in [4.69, 9.17) is 16.3 Å². The first-order chi connectivity index (χ1) is 12.2. The lowest BCUT2D eigenvalue weighted by Crippen LogP contribution is -2.52. The summed E-state index contributed by atoms with van der Waals surface area (Å²) < 4.78 is 7.18. The number of carbonyl (C=O) groups excluding carboxylic acids is 2. The average Bonchev–Trinajstić information content (AvgIpc) is 2.94. The maximum absolute atomic E-state index is 12.5. The molecule has 140 valence electrons. The van der Waals surface area contributed by atoms with Crippen LogP contribution in [-0.4, -0.2) is 63.0 Å². The number of piperazine rings is 1. The lowest BCUT2D eigenvalue weighted by molar-refractivity contribution is -0.132. The first-order valence-electron chi connectivity index (χ1n) is 8.60. The fourth-order valence-electron chi connectivity index (χ4n) is 2.83. The van der Waals surface area contributed by atoms with Crippen LogP contribution >= 0.6 is 11.6 Å². The molecular weight excluding hydrogens is 356 g/mol. The van der Waals surface area contributed by atoms with Gasteiger partial charge in [-0.05, 0) is 32.9 Å². The molecule has 26 heavy (non-hydrogen) atoms. The van der Waals surface area contributed by atoms with E-state index in [9.17, 15) is 9.59 Å². The van der Waals surface area contributed by atoms with E-state index < -0.39 is 5.60 Å². The fraction of sp³-hybridized carbons (Fsp3) is 0.500. The molecule has 2 aromatic heterocycles. The van der Waals surface area contributed by atoms with E-state index in [1.165, 1.54) is 0 Å². The number of halogens is 1. The van der Waals surface area contributed by atoms with Crippen molar-refractivity contribution in [2.24, 2.45) is 0 Å². The van der Waals surface area contributed by atoms with Crippen molar-refractivity contribution in [2.45, 2.75) is 32.8 Å². The highest BCUT2D eigenvalue weighted by Crippen LogP contribution is 2.14. The quantitative estimate of drug-likeness (QED) is 0.805. The molecule has 0 aliphatic carbocycles. The monoisotopic (exact) mass is 378 g/mol. The van der Waals surface area contributed by atoms with Gasteiger partial charge in [-0.2, -0.15) is 0 Å². The van der Waals surface area contributed by atoms with E-state index in [0.29, 0.717) is 36.9 Å². The van der Waals surface area contributed by atoms with Gasteiger partial charge in [0, 0.05) is 38.6 Å². The summed E-state index contributed by atoms with van der Waals surface area (Å²) in [5, 5.41) is 0.617. The molecule has 1 aliphatic heterocycles. The summed E-state index contributed by atoms with van der Waals surface area (Å²) in [6.45, 7) is 7.46. The number of pyridine rings is 1. The number of rotatable bonds is 2. The van der Waals surface area contributed by atoms with Crippen LogP contribution in [0.5, 0.6) is 0 Å². The van der Waals surface area contributed by atoms with Crippen LogP contribution in [0, 0.1) is 0 Å². The highest BCUT2D eigenvalue weighted by molar-refractivity contribution is 6.30. The van der Waals surface area contributed by atoms with Crippen molar-refractivity contribution in [2.75, 3.05) is 26.2 Å². The third kappa shape index (κ3) is 4.46. The van der Waals surface area contributed by atoms with Crippen LogP contribution in [0.25, 0.3) is 5.65 Å². The Bertz CT molecular complexity index is 819. The zero-order chi connectivity index (χ0) is 18.9. The molecule has 2 aromatic rings. The Balaban J connectivity index is 1.55. The van der Waals surface area contributed by atoms with Crippen molar-refractivity contribution in [1.82, 2.24) is 19.2 Å². The summed E-state index contributed by atoms with van der Waals surface area (Å²) in [5.41, 5.74) is 0.939. The number of nitrogens with zero attached hydrogens (tertiary/aromatic N) is 4. The molecule has 0 saturated carbocycles. The molecule has 8 heteroatoms. The van der Waals surface area contributed by atoms with E-state index in [2.05, 4.69) is 4.98 Å². The molecule has 1 aliphatic rings. The second-order valence-corrected chi connectivity index (χ2v) is 7.81. The number of fused-ring (bicyclic) bond motifs is 1. The Morgan fingerprint density at radius 1 is 1.12 bits per heavy atom. The molecular formula is C18H23ClN4O3. The molecule has 0 radical (unpaired) electrons. The molecule has 0 unspecified atom stereocenters. The summed E-state index contributed by atoms with van der Waals surface area (Å²) >= 11 is 5.97. The van der Waals surface area contributed by atoms with E-state index in [1.54, 1.807) is 22.1 Å². The Morgan fingerprint density at radius 2 is 1.77 bits per heavy atom. The van der Waals surface area contributed by atoms with E-state index >= 15 is 0 Å². The van der Waals surface area contributed by atoms with Crippen molar-refractivity contribution in [1.29, 1.82) is 0 Å². The number of aromatic nitrogens is 2. The van der Waals surface area contributed by atoms with Crippen LogP contribution < -0.4 is 0 Å². The summed E-state index contributed by atoms with van der Waals surface area (Å²) in [6, 6.07) is 3.58. The number of amides is 2. The summed E-state index contributed by atoms with van der Waals surface area (Å²) in [6.07, 6.45) is 3.47. The Hall–Kier alpha value is -2.28. The predicted molar refractivity (Wildman–Crippen MR) is 98.3 cm³/mol. The Kier molecular flexibility index (Phi) is 5.09. The van der Waals surface area contributed by atoms with Gasteiger partial charge in [-0.1, -0.05) is 11.6 Å². The number of carbonyl (C=O) groups is 2. The normalized spacial score (nSPS) is 15.4. The van der Waals surface area contributed by atoms with Crippen molar-refractivity contribution in [3.8, 4) is 0 Å². The molecule has 0 atom stereocenters. The van der Waals surface area contributed by atoms with Gasteiger partial charge in [-0.15, -0.1) is 0 Å². The summed E-state index contributed by atoms with van der Waals surface area (Å²) in [7, 11) is 0. The Labute approximate surface area is 157 Å². The molecule has 7 nitrogen and oxygen atoms in total. The molecule has 0 spiro atoms. The van der Waals surface area contributed by atoms with Gasteiger partial charge < -0.3 is 18.9 Å². The number of hydrogen-bond acceptors (Lipinski definition) is 4. The Morgan fingerprint density at radius 3 is 2.42 bits per heavy atom. The smallest absolute Gasteiger partial charge is 0.410 e. The lowest BCUT2D eigenvalue weighted by atomic mass is 10.2. The predicted octanol–water partition coefficient (Wildman–Crippen LogP) is 2.61. The number of ether oxygens (including phenoxy) is 1. The maximum Gasteiger partial charge on any atom is 0.410 e. The van der Waals surface area contributed by atoms with Gasteiger partial charge in [0.1, 0.15) is 11.2 Å². The fourth-order valence-corrected chi connectivity index (χ4v) is 3.00. The molecule has 3 rings (SSSR count). The maximum atomic E-state index is 12.5. The second-order valence-electron chi connectivity index (χ2n) is 7.37. The van der Waals surface area contributed by atoms with Crippen LogP contribution in [-0.2, 0) is 16.0 Å². The number of imidazole rings is 1. The largest absolute Gasteiger partial charge is 0.444 e. The van der Waals surface area contributed by atoms with Crippen LogP contribution in [0.4, 0.5) is 4.79 Å².